The van der Waals surface area contributed by atoms with Gasteiger partial charge in [-0.3, -0.25) is 4.79 Å². The van der Waals surface area contributed by atoms with Gasteiger partial charge >= 0.3 is 6.03 Å². The highest BCUT2D eigenvalue weighted by molar-refractivity contribution is 5.85. The number of piperazine rings is 1. The van der Waals surface area contributed by atoms with Gasteiger partial charge in [-0.05, 0) is 27.8 Å². The molecule has 6 heteroatoms. The summed E-state index contributed by atoms with van der Waals surface area (Å²) >= 11 is 0. The first-order valence-corrected chi connectivity index (χ1v) is 6.43. The summed E-state index contributed by atoms with van der Waals surface area (Å²) < 4.78 is 0. The second-order valence-electron chi connectivity index (χ2n) is 4.99. The average Bonchev–Trinajstić information content (AvgIpc) is 2.38. The van der Waals surface area contributed by atoms with E-state index in [0.29, 0.717) is 32.7 Å². The summed E-state index contributed by atoms with van der Waals surface area (Å²) in [5, 5.41) is 5.78. The Hall–Kier alpha value is -1.30. The molecule has 0 saturated carbocycles. The van der Waals surface area contributed by atoms with Crippen LogP contribution in [0.5, 0.6) is 0 Å². The minimum Gasteiger partial charge on any atom is -0.338 e. The van der Waals surface area contributed by atoms with E-state index in [1.165, 1.54) is 0 Å². The van der Waals surface area contributed by atoms with E-state index >= 15 is 0 Å². The van der Waals surface area contributed by atoms with Crippen LogP contribution in [0.2, 0.25) is 0 Å². The minimum absolute atomic E-state index is 0.0440. The first kappa shape index (κ1) is 14.8. The molecule has 18 heavy (non-hydrogen) atoms. The Bertz CT molecular complexity index is 309. The minimum atomic E-state index is -0.548. The zero-order chi connectivity index (χ0) is 13.8. The fraction of sp³-hybridized carbons (Fsp3) is 0.833. The molecule has 104 valence electrons. The van der Waals surface area contributed by atoms with Crippen LogP contribution in [0.1, 0.15) is 20.8 Å². The highest BCUT2D eigenvalue weighted by Gasteiger charge is 2.32. The molecule has 0 aliphatic carbocycles. The molecule has 0 spiro atoms. The normalized spacial score (nSPS) is 16.7. The largest absolute Gasteiger partial charge is 0.338 e. The third kappa shape index (κ3) is 3.35. The molecule has 0 radical (unpaired) electrons. The molecule has 0 aromatic heterocycles. The van der Waals surface area contributed by atoms with Crippen LogP contribution in [0, 0.1) is 0 Å². The van der Waals surface area contributed by atoms with E-state index in [1.54, 1.807) is 11.9 Å². The monoisotopic (exact) mass is 256 g/mol. The van der Waals surface area contributed by atoms with E-state index in [0.717, 1.165) is 0 Å². The quantitative estimate of drug-likeness (QED) is 0.738. The van der Waals surface area contributed by atoms with Gasteiger partial charge in [0.05, 0.1) is 5.54 Å². The highest BCUT2D eigenvalue weighted by Crippen LogP contribution is 2.10. The van der Waals surface area contributed by atoms with Crippen LogP contribution < -0.4 is 10.6 Å². The fourth-order valence-corrected chi connectivity index (χ4v) is 1.88. The number of carbonyl (C=O) groups excluding carboxylic acids is 2. The summed E-state index contributed by atoms with van der Waals surface area (Å²) in [5.41, 5.74) is -0.548. The lowest BCUT2D eigenvalue weighted by molar-refractivity contribution is -0.138. The maximum Gasteiger partial charge on any atom is 0.317 e. The average molecular weight is 256 g/mol. The van der Waals surface area contributed by atoms with Crippen LogP contribution in [0.4, 0.5) is 4.79 Å². The molecule has 1 rings (SSSR count). The van der Waals surface area contributed by atoms with Crippen LogP contribution in [-0.2, 0) is 4.79 Å². The Labute approximate surface area is 109 Å². The van der Waals surface area contributed by atoms with E-state index in [9.17, 15) is 9.59 Å². The van der Waals surface area contributed by atoms with Crippen molar-refractivity contribution in [3.05, 3.63) is 0 Å². The molecule has 1 heterocycles. The van der Waals surface area contributed by atoms with Crippen molar-refractivity contribution in [2.75, 3.05) is 39.8 Å². The third-order valence-electron chi connectivity index (χ3n) is 3.34. The van der Waals surface area contributed by atoms with E-state index in [2.05, 4.69) is 10.6 Å². The molecular formula is C12H24N4O2. The van der Waals surface area contributed by atoms with Gasteiger partial charge in [-0.25, -0.2) is 4.79 Å². The van der Waals surface area contributed by atoms with Crippen molar-refractivity contribution in [1.82, 2.24) is 20.4 Å². The first-order valence-electron chi connectivity index (χ1n) is 6.43. The first-order chi connectivity index (χ1) is 8.42. The number of amides is 3. The lowest BCUT2D eigenvalue weighted by atomic mass is 10.0. The van der Waals surface area contributed by atoms with Crippen LogP contribution in [-0.4, -0.2) is 67.0 Å². The van der Waals surface area contributed by atoms with Crippen LogP contribution in [0.15, 0.2) is 0 Å². The lowest BCUT2D eigenvalue weighted by Crippen LogP contribution is -2.59. The molecular weight excluding hydrogens is 232 g/mol. The SMILES string of the molecule is CCNC(=O)N1CCN(C(=O)C(C)(C)NC)CC1. The molecule has 3 amide bonds. The maximum atomic E-state index is 12.2. The predicted octanol–water partition coefficient (Wildman–Crippen LogP) is -0.142. The topological polar surface area (TPSA) is 64.7 Å². The number of nitrogens with one attached hydrogen (secondary N) is 2. The van der Waals surface area contributed by atoms with Crippen molar-refractivity contribution in [3.63, 3.8) is 0 Å². The van der Waals surface area contributed by atoms with E-state index in [1.807, 2.05) is 25.7 Å². The van der Waals surface area contributed by atoms with Crippen LogP contribution >= 0.6 is 0 Å². The smallest absolute Gasteiger partial charge is 0.317 e. The van der Waals surface area contributed by atoms with Crippen molar-refractivity contribution in [1.29, 1.82) is 0 Å². The number of hydrogen-bond donors (Lipinski definition) is 2. The zero-order valence-electron chi connectivity index (χ0n) is 11.7. The molecule has 0 aromatic carbocycles. The lowest BCUT2D eigenvalue weighted by Gasteiger charge is -2.38. The van der Waals surface area contributed by atoms with Gasteiger partial charge in [0.25, 0.3) is 0 Å². The Morgan fingerprint density at radius 3 is 2.06 bits per heavy atom. The van der Waals surface area contributed by atoms with E-state index in [4.69, 9.17) is 0 Å². The maximum absolute atomic E-state index is 12.2. The molecule has 1 fully saturated rings. The van der Waals surface area contributed by atoms with Crippen molar-refractivity contribution in [3.8, 4) is 0 Å². The molecule has 2 N–H and O–H groups in total. The number of urea groups is 1. The second-order valence-corrected chi connectivity index (χ2v) is 4.99. The van der Waals surface area contributed by atoms with Gasteiger partial charge in [0.2, 0.25) is 5.91 Å². The van der Waals surface area contributed by atoms with Crippen molar-refractivity contribution in [2.24, 2.45) is 0 Å². The number of likely N-dealkylation sites (N-methyl/N-ethyl adjacent to an activating group) is 1. The second kappa shape index (κ2) is 6.04. The standard InChI is InChI=1S/C12H24N4O2/c1-5-14-11(18)16-8-6-15(7-9-16)10(17)12(2,3)13-4/h13H,5-9H2,1-4H3,(H,14,18). The fourth-order valence-electron chi connectivity index (χ4n) is 1.88. The number of rotatable bonds is 3. The van der Waals surface area contributed by atoms with Gasteiger partial charge in [0.15, 0.2) is 0 Å². The van der Waals surface area contributed by atoms with Gasteiger partial charge < -0.3 is 20.4 Å². The van der Waals surface area contributed by atoms with Crippen LogP contribution in [0.3, 0.4) is 0 Å². The summed E-state index contributed by atoms with van der Waals surface area (Å²) in [5.74, 6) is 0.0838. The number of hydrogen-bond acceptors (Lipinski definition) is 3. The summed E-state index contributed by atoms with van der Waals surface area (Å²) in [4.78, 5) is 27.4. The summed E-state index contributed by atoms with van der Waals surface area (Å²) in [6, 6.07) is -0.0440. The van der Waals surface area contributed by atoms with Crippen molar-refractivity contribution >= 4 is 11.9 Å². The van der Waals surface area contributed by atoms with Gasteiger partial charge in [-0.2, -0.15) is 0 Å². The highest BCUT2D eigenvalue weighted by atomic mass is 16.2. The van der Waals surface area contributed by atoms with Gasteiger partial charge in [0.1, 0.15) is 0 Å². The molecule has 0 bridgehead atoms. The van der Waals surface area contributed by atoms with E-state index < -0.39 is 5.54 Å². The molecule has 1 aliphatic rings. The molecule has 0 atom stereocenters. The van der Waals surface area contributed by atoms with Gasteiger partial charge in [-0.15, -0.1) is 0 Å². The summed E-state index contributed by atoms with van der Waals surface area (Å²) in [6.45, 7) is 8.64. The Morgan fingerprint density at radius 2 is 1.61 bits per heavy atom. The molecule has 1 aliphatic heterocycles. The number of carbonyl (C=O) groups is 2. The number of nitrogens with zero attached hydrogens (tertiary/aromatic N) is 2. The Balaban J connectivity index is 2.49. The summed E-state index contributed by atoms with van der Waals surface area (Å²) in [6.07, 6.45) is 0. The summed E-state index contributed by atoms with van der Waals surface area (Å²) in [7, 11) is 1.78. The van der Waals surface area contributed by atoms with Crippen molar-refractivity contribution < 1.29 is 9.59 Å². The molecule has 6 nitrogen and oxygen atoms in total. The van der Waals surface area contributed by atoms with E-state index in [-0.39, 0.29) is 11.9 Å². The van der Waals surface area contributed by atoms with Crippen LogP contribution in [0.25, 0.3) is 0 Å². The van der Waals surface area contributed by atoms with Gasteiger partial charge in [-0.1, -0.05) is 0 Å². The molecule has 0 unspecified atom stereocenters. The third-order valence-corrected chi connectivity index (χ3v) is 3.34. The van der Waals surface area contributed by atoms with Crippen molar-refractivity contribution in [2.45, 2.75) is 26.3 Å². The molecule has 1 saturated heterocycles. The Morgan fingerprint density at radius 1 is 1.11 bits per heavy atom. The molecule has 0 aromatic rings. The zero-order valence-corrected chi connectivity index (χ0v) is 11.7. The predicted molar refractivity (Wildman–Crippen MR) is 70.4 cm³/mol. The Kier molecular flexibility index (Phi) is 4.95. The van der Waals surface area contributed by atoms with Gasteiger partial charge in [0, 0.05) is 32.7 Å².